The van der Waals surface area contributed by atoms with Gasteiger partial charge in [0.25, 0.3) is 11.8 Å². The van der Waals surface area contributed by atoms with Gasteiger partial charge in [-0.05, 0) is 22.0 Å². The van der Waals surface area contributed by atoms with Gasteiger partial charge < -0.3 is 9.73 Å². The summed E-state index contributed by atoms with van der Waals surface area (Å²) in [6.07, 6.45) is 0.766. The molecular formula is C9H8BrF2NO2. The van der Waals surface area contributed by atoms with Crippen molar-refractivity contribution in [3.8, 4) is 0 Å². The quantitative estimate of drug-likeness (QED) is 0.904. The maximum absolute atomic E-state index is 12.5. The van der Waals surface area contributed by atoms with Gasteiger partial charge in [-0.1, -0.05) is 0 Å². The number of alkyl halides is 2. The zero-order valence-corrected chi connectivity index (χ0v) is 9.18. The molecule has 0 unspecified atom stereocenters. The number of carbonyl (C=O) groups excluding carboxylic acids is 1. The molecule has 1 N–H and O–H groups in total. The van der Waals surface area contributed by atoms with E-state index in [0.717, 1.165) is 0 Å². The van der Waals surface area contributed by atoms with Gasteiger partial charge in [-0.2, -0.15) is 0 Å². The lowest BCUT2D eigenvalue weighted by Crippen LogP contribution is -2.50. The van der Waals surface area contributed by atoms with Gasteiger partial charge in [-0.15, -0.1) is 0 Å². The van der Waals surface area contributed by atoms with Crippen LogP contribution < -0.4 is 5.32 Å². The molecule has 1 aliphatic rings. The average Bonchev–Trinajstić information content (AvgIpc) is 2.47. The minimum Gasteiger partial charge on any atom is -0.458 e. The van der Waals surface area contributed by atoms with E-state index in [1.807, 2.05) is 0 Å². The van der Waals surface area contributed by atoms with Crippen LogP contribution in [-0.4, -0.2) is 17.9 Å². The summed E-state index contributed by atoms with van der Waals surface area (Å²) in [5.74, 6) is -2.98. The molecule has 1 aromatic rings. The SMILES string of the molecule is O=C(NC1CC(F)(F)C1)c1occc1Br. The highest BCUT2D eigenvalue weighted by atomic mass is 79.9. The van der Waals surface area contributed by atoms with Crippen LogP contribution in [-0.2, 0) is 0 Å². The summed E-state index contributed by atoms with van der Waals surface area (Å²) in [5, 5.41) is 2.47. The van der Waals surface area contributed by atoms with Gasteiger partial charge in [0.15, 0.2) is 0 Å². The van der Waals surface area contributed by atoms with Gasteiger partial charge in [0, 0.05) is 18.9 Å². The van der Waals surface area contributed by atoms with Crippen molar-refractivity contribution in [3.63, 3.8) is 0 Å². The zero-order chi connectivity index (χ0) is 11.1. The highest BCUT2D eigenvalue weighted by Gasteiger charge is 2.46. The third-order valence-corrected chi connectivity index (χ3v) is 2.87. The number of hydrogen-bond acceptors (Lipinski definition) is 2. The summed E-state index contributed by atoms with van der Waals surface area (Å²) < 4.78 is 30.4. The molecule has 2 rings (SSSR count). The second-order valence-electron chi connectivity index (χ2n) is 3.53. The van der Waals surface area contributed by atoms with Crippen LogP contribution >= 0.6 is 15.9 Å². The van der Waals surface area contributed by atoms with Gasteiger partial charge in [0.2, 0.25) is 5.76 Å². The van der Waals surface area contributed by atoms with Crippen molar-refractivity contribution in [2.45, 2.75) is 24.8 Å². The Labute approximate surface area is 93.0 Å². The monoisotopic (exact) mass is 279 g/mol. The molecule has 82 valence electrons. The third-order valence-electron chi connectivity index (χ3n) is 2.25. The van der Waals surface area contributed by atoms with Crippen LogP contribution in [0.2, 0.25) is 0 Å². The van der Waals surface area contributed by atoms with Crippen LogP contribution in [0.1, 0.15) is 23.4 Å². The lowest BCUT2D eigenvalue weighted by Gasteiger charge is -2.35. The van der Waals surface area contributed by atoms with Crippen LogP contribution in [0, 0.1) is 0 Å². The number of hydrogen-bond donors (Lipinski definition) is 1. The van der Waals surface area contributed by atoms with Gasteiger partial charge in [0.1, 0.15) is 0 Å². The minimum atomic E-state index is -2.63. The van der Waals surface area contributed by atoms with E-state index in [0.29, 0.717) is 4.47 Å². The van der Waals surface area contributed by atoms with Crippen molar-refractivity contribution in [3.05, 3.63) is 22.6 Å². The molecule has 0 aromatic carbocycles. The molecule has 0 saturated heterocycles. The molecule has 0 aliphatic heterocycles. The number of rotatable bonds is 2. The molecule has 1 heterocycles. The average molecular weight is 280 g/mol. The Balaban J connectivity index is 1.92. The molecule has 0 atom stereocenters. The van der Waals surface area contributed by atoms with E-state index in [4.69, 9.17) is 4.42 Å². The number of amides is 1. The second kappa shape index (κ2) is 3.59. The fraction of sp³-hybridized carbons (Fsp3) is 0.444. The standard InChI is InChI=1S/C9H8BrF2NO2/c10-6-1-2-15-7(6)8(14)13-5-3-9(11,12)4-5/h1-2,5H,3-4H2,(H,13,14). The maximum Gasteiger partial charge on any atom is 0.288 e. The van der Waals surface area contributed by atoms with Gasteiger partial charge in [-0.3, -0.25) is 4.79 Å². The molecule has 3 nitrogen and oxygen atoms in total. The lowest BCUT2D eigenvalue weighted by molar-refractivity contribution is -0.0902. The Bertz CT molecular complexity index is 383. The van der Waals surface area contributed by atoms with Crippen molar-refractivity contribution >= 4 is 21.8 Å². The summed E-state index contributed by atoms with van der Waals surface area (Å²) in [6.45, 7) is 0. The Morgan fingerprint density at radius 1 is 1.60 bits per heavy atom. The van der Waals surface area contributed by atoms with E-state index >= 15 is 0 Å². The van der Waals surface area contributed by atoms with E-state index in [9.17, 15) is 13.6 Å². The molecule has 1 saturated carbocycles. The van der Waals surface area contributed by atoms with Crippen molar-refractivity contribution < 1.29 is 18.0 Å². The fourth-order valence-electron chi connectivity index (χ4n) is 1.47. The van der Waals surface area contributed by atoms with Crippen LogP contribution in [0.15, 0.2) is 21.2 Å². The van der Waals surface area contributed by atoms with E-state index in [1.54, 1.807) is 6.07 Å². The van der Waals surface area contributed by atoms with Crippen molar-refractivity contribution in [2.75, 3.05) is 0 Å². The predicted octanol–water partition coefficient (Wildman–Crippen LogP) is 2.57. The van der Waals surface area contributed by atoms with Gasteiger partial charge in [0.05, 0.1) is 10.7 Å². The van der Waals surface area contributed by atoms with Crippen LogP contribution in [0.25, 0.3) is 0 Å². The Morgan fingerprint density at radius 3 is 2.73 bits per heavy atom. The van der Waals surface area contributed by atoms with Crippen molar-refractivity contribution in [1.29, 1.82) is 0 Å². The van der Waals surface area contributed by atoms with Crippen molar-refractivity contribution in [2.24, 2.45) is 0 Å². The van der Waals surface area contributed by atoms with Gasteiger partial charge in [-0.25, -0.2) is 8.78 Å². The normalized spacial score (nSPS) is 19.7. The lowest BCUT2D eigenvalue weighted by atomic mass is 9.88. The molecule has 15 heavy (non-hydrogen) atoms. The topological polar surface area (TPSA) is 42.2 Å². The molecule has 1 aliphatic carbocycles. The summed E-state index contributed by atoms with van der Waals surface area (Å²) >= 11 is 3.12. The van der Waals surface area contributed by atoms with Gasteiger partial charge >= 0.3 is 0 Å². The van der Waals surface area contributed by atoms with Crippen LogP contribution in [0.5, 0.6) is 0 Å². The molecule has 0 spiro atoms. The Kier molecular flexibility index (Phi) is 2.54. The second-order valence-corrected chi connectivity index (χ2v) is 4.39. The summed E-state index contributed by atoms with van der Waals surface area (Å²) in [4.78, 5) is 11.5. The summed E-state index contributed by atoms with van der Waals surface area (Å²) in [5.41, 5.74) is 0. The molecule has 0 radical (unpaired) electrons. The number of halogens is 3. The molecule has 1 amide bonds. The first-order chi connectivity index (χ1) is 6.98. The third kappa shape index (κ3) is 2.19. The van der Waals surface area contributed by atoms with E-state index in [-0.39, 0.29) is 18.6 Å². The smallest absolute Gasteiger partial charge is 0.288 e. The molecule has 1 aromatic heterocycles. The molecule has 6 heteroatoms. The predicted molar refractivity (Wildman–Crippen MR) is 51.8 cm³/mol. The molecule has 0 bridgehead atoms. The van der Waals surface area contributed by atoms with Crippen LogP contribution in [0.4, 0.5) is 8.78 Å². The maximum atomic E-state index is 12.5. The van der Waals surface area contributed by atoms with Crippen LogP contribution in [0.3, 0.4) is 0 Å². The Hall–Kier alpha value is -0.910. The first kappa shape index (κ1) is 10.6. The summed E-state index contributed by atoms with van der Waals surface area (Å²) in [7, 11) is 0. The highest BCUT2D eigenvalue weighted by Crippen LogP contribution is 2.37. The molecule has 1 fully saturated rings. The minimum absolute atomic E-state index is 0.116. The van der Waals surface area contributed by atoms with E-state index < -0.39 is 17.9 Å². The van der Waals surface area contributed by atoms with E-state index in [1.165, 1.54) is 6.26 Å². The number of furan rings is 1. The number of carbonyl (C=O) groups is 1. The van der Waals surface area contributed by atoms with E-state index in [2.05, 4.69) is 21.2 Å². The molecular weight excluding hydrogens is 272 g/mol. The number of nitrogens with one attached hydrogen (secondary N) is 1. The fourth-order valence-corrected chi connectivity index (χ4v) is 1.85. The Morgan fingerprint density at radius 2 is 2.27 bits per heavy atom. The first-order valence-corrected chi connectivity index (χ1v) is 5.19. The summed E-state index contributed by atoms with van der Waals surface area (Å²) in [6, 6.07) is 1.12. The largest absolute Gasteiger partial charge is 0.458 e. The zero-order valence-electron chi connectivity index (χ0n) is 7.60. The first-order valence-electron chi connectivity index (χ1n) is 4.40. The highest BCUT2D eigenvalue weighted by molar-refractivity contribution is 9.10. The van der Waals surface area contributed by atoms with Crippen molar-refractivity contribution in [1.82, 2.24) is 5.32 Å².